The van der Waals surface area contributed by atoms with Gasteiger partial charge < -0.3 is 15.7 Å². The molecule has 0 aliphatic heterocycles. The number of hydrogen-bond acceptors (Lipinski definition) is 5. The van der Waals surface area contributed by atoms with Crippen molar-refractivity contribution in [2.24, 2.45) is 0 Å². The predicted octanol–water partition coefficient (Wildman–Crippen LogP) is 2.85. The number of benzene rings is 1. The van der Waals surface area contributed by atoms with E-state index in [-0.39, 0.29) is 10.8 Å². The SMILES string of the molecule is CCCC(NC(=O)NCc1ccc(S(C)(=O)=O)s1)C(O)c1ccccc1. The minimum absolute atomic E-state index is 0.228. The van der Waals surface area contributed by atoms with Crippen molar-refractivity contribution in [2.75, 3.05) is 6.26 Å². The zero-order chi connectivity index (χ0) is 19.2. The third-order valence-corrected chi connectivity index (χ3v) is 6.77. The fourth-order valence-electron chi connectivity index (χ4n) is 2.54. The van der Waals surface area contributed by atoms with Crippen LogP contribution in [0.3, 0.4) is 0 Å². The molecule has 1 aromatic heterocycles. The van der Waals surface area contributed by atoms with Gasteiger partial charge in [0.25, 0.3) is 0 Å². The zero-order valence-corrected chi connectivity index (χ0v) is 16.4. The molecule has 2 unspecified atom stereocenters. The molecule has 0 bridgehead atoms. The van der Waals surface area contributed by atoms with Gasteiger partial charge in [-0.2, -0.15) is 0 Å². The first-order valence-corrected chi connectivity index (χ1v) is 11.1. The molecular weight excluding hydrogens is 372 g/mol. The van der Waals surface area contributed by atoms with Crippen LogP contribution in [0, 0.1) is 0 Å². The fourth-order valence-corrected chi connectivity index (χ4v) is 4.46. The van der Waals surface area contributed by atoms with Crippen LogP contribution in [0.2, 0.25) is 0 Å². The largest absolute Gasteiger partial charge is 0.386 e. The van der Waals surface area contributed by atoms with Gasteiger partial charge in [-0.15, -0.1) is 11.3 Å². The Morgan fingerprint density at radius 2 is 1.88 bits per heavy atom. The zero-order valence-electron chi connectivity index (χ0n) is 14.8. The number of amides is 2. The molecule has 2 aromatic rings. The summed E-state index contributed by atoms with van der Waals surface area (Å²) < 4.78 is 23.3. The van der Waals surface area contributed by atoms with Gasteiger partial charge in [0.1, 0.15) is 4.21 Å². The number of sulfone groups is 1. The lowest BCUT2D eigenvalue weighted by atomic mass is 9.99. The summed E-state index contributed by atoms with van der Waals surface area (Å²) in [5.41, 5.74) is 0.752. The maximum atomic E-state index is 12.2. The topological polar surface area (TPSA) is 95.5 Å². The van der Waals surface area contributed by atoms with Crippen molar-refractivity contribution in [3.63, 3.8) is 0 Å². The van der Waals surface area contributed by atoms with E-state index in [4.69, 9.17) is 0 Å². The molecule has 0 aliphatic carbocycles. The van der Waals surface area contributed by atoms with E-state index >= 15 is 0 Å². The van der Waals surface area contributed by atoms with Gasteiger partial charge >= 0.3 is 6.03 Å². The monoisotopic (exact) mass is 396 g/mol. The Labute approximate surface area is 158 Å². The minimum atomic E-state index is -3.23. The van der Waals surface area contributed by atoms with Crippen molar-refractivity contribution in [3.8, 4) is 0 Å². The molecule has 6 nitrogen and oxygen atoms in total. The van der Waals surface area contributed by atoms with Crippen molar-refractivity contribution in [2.45, 2.75) is 42.7 Å². The maximum absolute atomic E-state index is 12.2. The second kappa shape index (κ2) is 9.16. The highest BCUT2D eigenvalue weighted by Crippen LogP contribution is 2.22. The van der Waals surface area contributed by atoms with Crippen molar-refractivity contribution in [1.82, 2.24) is 10.6 Å². The number of aliphatic hydroxyl groups is 1. The van der Waals surface area contributed by atoms with Crippen LogP contribution < -0.4 is 10.6 Å². The molecule has 0 saturated heterocycles. The van der Waals surface area contributed by atoms with Crippen LogP contribution in [-0.4, -0.2) is 31.9 Å². The number of carbonyl (C=O) groups excluding carboxylic acids is 1. The number of aliphatic hydroxyl groups excluding tert-OH is 1. The van der Waals surface area contributed by atoms with Crippen LogP contribution in [0.25, 0.3) is 0 Å². The highest BCUT2D eigenvalue weighted by Gasteiger charge is 2.22. The number of carbonyl (C=O) groups is 1. The van der Waals surface area contributed by atoms with Crippen LogP contribution >= 0.6 is 11.3 Å². The standard InChI is InChI=1S/C18H24N2O4S2/c1-3-7-15(17(21)13-8-5-4-6-9-13)20-18(22)19-12-14-10-11-16(25-14)26(2,23)24/h4-6,8-11,15,17,21H,3,7,12H2,1-2H3,(H2,19,20,22). The van der Waals surface area contributed by atoms with E-state index < -0.39 is 28.0 Å². The van der Waals surface area contributed by atoms with Crippen molar-refractivity contribution in [1.29, 1.82) is 0 Å². The van der Waals surface area contributed by atoms with Gasteiger partial charge in [-0.1, -0.05) is 43.7 Å². The van der Waals surface area contributed by atoms with Crippen LogP contribution in [-0.2, 0) is 16.4 Å². The fraction of sp³-hybridized carbons (Fsp3) is 0.389. The maximum Gasteiger partial charge on any atom is 0.315 e. The molecular formula is C18H24N2O4S2. The molecule has 0 radical (unpaired) electrons. The Hall–Kier alpha value is -1.90. The van der Waals surface area contributed by atoms with E-state index in [2.05, 4.69) is 10.6 Å². The third kappa shape index (κ3) is 5.82. The van der Waals surface area contributed by atoms with Gasteiger partial charge in [0, 0.05) is 11.1 Å². The molecule has 26 heavy (non-hydrogen) atoms. The smallest absolute Gasteiger partial charge is 0.315 e. The molecule has 2 atom stereocenters. The average molecular weight is 397 g/mol. The normalized spacial score (nSPS) is 13.8. The van der Waals surface area contributed by atoms with E-state index in [1.54, 1.807) is 6.07 Å². The first-order valence-electron chi connectivity index (χ1n) is 8.37. The number of urea groups is 1. The molecule has 1 aromatic carbocycles. The lowest BCUT2D eigenvalue weighted by Gasteiger charge is -2.24. The van der Waals surface area contributed by atoms with Crippen LogP contribution in [0.1, 0.15) is 36.3 Å². The Morgan fingerprint density at radius 1 is 1.19 bits per heavy atom. The van der Waals surface area contributed by atoms with Gasteiger partial charge in [-0.3, -0.25) is 0 Å². The minimum Gasteiger partial charge on any atom is -0.386 e. The number of rotatable bonds is 8. The lowest BCUT2D eigenvalue weighted by Crippen LogP contribution is -2.44. The molecule has 0 saturated carbocycles. The van der Waals surface area contributed by atoms with Gasteiger partial charge in [-0.25, -0.2) is 13.2 Å². The second-order valence-corrected chi connectivity index (χ2v) is 9.48. The van der Waals surface area contributed by atoms with Crippen LogP contribution in [0.4, 0.5) is 4.79 Å². The van der Waals surface area contributed by atoms with Gasteiger partial charge in [0.05, 0.1) is 18.7 Å². The molecule has 0 fully saturated rings. The number of hydrogen-bond donors (Lipinski definition) is 3. The van der Waals surface area contributed by atoms with Crippen LogP contribution in [0.15, 0.2) is 46.7 Å². The Kier molecular flexibility index (Phi) is 7.19. The summed E-state index contributed by atoms with van der Waals surface area (Å²) >= 11 is 1.13. The highest BCUT2D eigenvalue weighted by atomic mass is 32.2. The van der Waals surface area contributed by atoms with Crippen LogP contribution in [0.5, 0.6) is 0 Å². The molecule has 0 aliphatic rings. The van der Waals surface area contributed by atoms with Crippen molar-refractivity contribution in [3.05, 3.63) is 52.9 Å². The van der Waals surface area contributed by atoms with E-state index in [0.717, 1.165) is 34.5 Å². The molecule has 3 N–H and O–H groups in total. The van der Waals surface area contributed by atoms with Crippen molar-refractivity contribution < 1.29 is 18.3 Å². The molecule has 142 valence electrons. The van der Waals surface area contributed by atoms with Crippen molar-refractivity contribution >= 4 is 27.2 Å². The summed E-state index contributed by atoms with van der Waals surface area (Å²) in [4.78, 5) is 12.9. The summed E-state index contributed by atoms with van der Waals surface area (Å²) in [6.45, 7) is 2.22. The Morgan fingerprint density at radius 3 is 2.46 bits per heavy atom. The average Bonchev–Trinajstić information content (AvgIpc) is 3.09. The van der Waals surface area contributed by atoms with E-state index in [0.29, 0.717) is 6.42 Å². The predicted molar refractivity (Wildman–Crippen MR) is 103 cm³/mol. The molecule has 2 amide bonds. The summed E-state index contributed by atoms with van der Waals surface area (Å²) in [6, 6.07) is 11.6. The van der Waals surface area contributed by atoms with E-state index in [1.807, 2.05) is 37.3 Å². The summed E-state index contributed by atoms with van der Waals surface area (Å²) in [5, 5.41) is 16.1. The molecule has 2 rings (SSSR count). The molecule has 8 heteroatoms. The Balaban J connectivity index is 1.94. The molecule has 0 spiro atoms. The summed E-state index contributed by atoms with van der Waals surface area (Å²) in [6.07, 6.45) is 1.82. The van der Waals surface area contributed by atoms with E-state index in [9.17, 15) is 18.3 Å². The summed E-state index contributed by atoms with van der Waals surface area (Å²) in [7, 11) is -3.23. The lowest BCUT2D eigenvalue weighted by molar-refractivity contribution is 0.125. The molecule has 1 heterocycles. The van der Waals surface area contributed by atoms with Gasteiger partial charge in [-0.05, 0) is 24.1 Å². The third-order valence-electron chi connectivity index (χ3n) is 3.86. The van der Waals surface area contributed by atoms with Gasteiger partial charge in [0.2, 0.25) is 0 Å². The highest BCUT2D eigenvalue weighted by molar-refractivity contribution is 7.92. The van der Waals surface area contributed by atoms with E-state index in [1.165, 1.54) is 6.07 Å². The number of nitrogens with one attached hydrogen (secondary N) is 2. The second-order valence-electron chi connectivity index (χ2n) is 6.07. The quantitative estimate of drug-likeness (QED) is 0.639. The number of thiophene rings is 1. The Bertz CT molecular complexity index is 819. The first kappa shape index (κ1) is 20.4. The van der Waals surface area contributed by atoms with Gasteiger partial charge in [0.15, 0.2) is 9.84 Å². The first-order chi connectivity index (χ1) is 12.3. The summed E-state index contributed by atoms with van der Waals surface area (Å²) in [5.74, 6) is 0.